The molecular formula is C20H23N3O3. The van der Waals surface area contributed by atoms with E-state index in [9.17, 15) is 5.11 Å². The molecule has 1 aliphatic rings. The molecule has 0 bridgehead atoms. The third-order valence-corrected chi connectivity index (χ3v) is 4.64. The lowest BCUT2D eigenvalue weighted by molar-refractivity contribution is 0.0755. The average molecular weight is 353 g/mol. The Balaban J connectivity index is 1.28. The highest BCUT2D eigenvalue weighted by Crippen LogP contribution is 2.24. The van der Waals surface area contributed by atoms with Crippen molar-refractivity contribution in [3.8, 4) is 17.5 Å². The van der Waals surface area contributed by atoms with Crippen LogP contribution in [0.2, 0.25) is 0 Å². The minimum absolute atomic E-state index is 0.133. The highest BCUT2D eigenvalue weighted by molar-refractivity contribution is 5.75. The largest absolute Gasteiger partial charge is 0.492 e. The summed E-state index contributed by atoms with van der Waals surface area (Å²) in [7, 11) is 0. The predicted octanol–water partition coefficient (Wildman–Crippen LogP) is 3.19. The molecule has 2 heterocycles. The molecule has 0 saturated carbocycles. The molecule has 2 aromatic carbocycles. The van der Waals surface area contributed by atoms with Crippen LogP contribution in [-0.2, 0) is 0 Å². The number of piperidine rings is 1. The standard InChI is InChI=1S/C20H23N3O3/c24-15-9-11-23(12-10-15)13-14-25-16-5-7-17(8-6-16)26-20-21-18-3-1-2-4-19(18)22-20/h1-8,15,24H,9-14H2,(H,21,22). The van der Waals surface area contributed by atoms with E-state index >= 15 is 0 Å². The van der Waals surface area contributed by atoms with Crippen LogP contribution in [0.1, 0.15) is 12.8 Å². The molecule has 26 heavy (non-hydrogen) atoms. The zero-order valence-corrected chi connectivity index (χ0v) is 14.6. The molecular weight excluding hydrogens is 330 g/mol. The van der Waals surface area contributed by atoms with Crippen molar-refractivity contribution >= 4 is 11.0 Å². The first-order valence-corrected chi connectivity index (χ1v) is 9.02. The molecule has 3 aromatic rings. The minimum atomic E-state index is -0.133. The van der Waals surface area contributed by atoms with E-state index in [2.05, 4.69) is 14.9 Å². The maximum absolute atomic E-state index is 9.53. The van der Waals surface area contributed by atoms with Gasteiger partial charge < -0.3 is 19.6 Å². The van der Waals surface area contributed by atoms with Gasteiger partial charge >= 0.3 is 0 Å². The molecule has 2 N–H and O–H groups in total. The summed E-state index contributed by atoms with van der Waals surface area (Å²) in [6, 6.07) is 15.9. The van der Waals surface area contributed by atoms with Crippen LogP contribution in [0.4, 0.5) is 0 Å². The van der Waals surface area contributed by atoms with Gasteiger partial charge in [0.15, 0.2) is 0 Å². The number of fused-ring (bicyclic) bond motifs is 1. The average Bonchev–Trinajstić information content (AvgIpc) is 3.07. The van der Waals surface area contributed by atoms with Crippen LogP contribution in [0.25, 0.3) is 11.0 Å². The van der Waals surface area contributed by atoms with Crippen LogP contribution >= 0.6 is 0 Å². The lowest BCUT2D eigenvalue weighted by atomic mass is 10.1. The summed E-state index contributed by atoms with van der Waals surface area (Å²) in [5, 5.41) is 9.53. The number of hydrogen-bond acceptors (Lipinski definition) is 5. The quantitative estimate of drug-likeness (QED) is 0.712. The molecule has 0 atom stereocenters. The van der Waals surface area contributed by atoms with Gasteiger partial charge in [-0.25, -0.2) is 0 Å². The number of likely N-dealkylation sites (tertiary alicyclic amines) is 1. The van der Waals surface area contributed by atoms with Crippen molar-refractivity contribution in [2.24, 2.45) is 0 Å². The van der Waals surface area contributed by atoms with Crippen LogP contribution in [-0.4, -0.2) is 52.3 Å². The van der Waals surface area contributed by atoms with E-state index in [1.807, 2.05) is 48.5 Å². The maximum Gasteiger partial charge on any atom is 0.300 e. The third-order valence-electron chi connectivity index (χ3n) is 4.64. The number of para-hydroxylation sites is 2. The number of nitrogens with one attached hydrogen (secondary N) is 1. The van der Waals surface area contributed by atoms with Gasteiger partial charge in [-0.1, -0.05) is 12.1 Å². The SMILES string of the molecule is OC1CCN(CCOc2ccc(Oc3nc4ccccc4[nH]3)cc2)CC1. The topological polar surface area (TPSA) is 70.6 Å². The highest BCUT2D eigenvalue weighted by atomic mass is 16.5. The summed E-state index contributed by atoms with van der Waals surface area (Å²) < 4.78 is 11.6. The second kappa shape index (κ2) is 7.76. The minimum Gasteiger partial charge on any atom is -0.492 e. The summed E-state index contributed by atoms with van der Waals surface area (Å²) in [5.74, 6) is 1.53. The van der Waals surface area contributed by atoms with Gasteiger partial charge in [0, 0.05) is 19.6 Å². The fourth-order valence-corrected chi connectivity index (χ4v) is 3.13. The number of rotatable bonds is 6. The second-order valence-corrected chi connectivity index (χ2v) is 6.55. The Hall–Kier alpha value is -2.57. The maximum atomic E-state index is 9.53. The number of aromatic amines is 1. The number of benzene rings is 2. The van der Waals surface area contributed by atoms with Crippen LogP contribution in [0.3, 0.4) is 0 Å². The molecule has 6 nitrogen and oxygen atoms in total. The van der Waals surface area contributed by atoms with Gasteiger partial charge in [-0.05, 0) is 49.2 Å². The van der Waals surface area contributed by atoms with E-state index in [0.29, 0.717) is 18.4 Å². The van der Waals surface area contributed by atoms with E-state index in [1.165, 1.54) is 0 Å². The molecule has 1 saturated heterocycles. The Bertz CT molecular complexity index is 806. The van der Waals surface area contributed by atoms with Gasteiger partial charge in [-0.3, -0.25) is 4.90 Å². The molecule has 0 radical (unpaired) electrons. The number of aliphatic hydroxyl groups is 1. The number of nitrogens with zero attached hydrogens (tertiary/aromatic N) is 2. The Morgan fingerprint density at radius 1 is 1.04 bits per heavy atom. The van der Waals surface area contributed by atoms with Crippen LogP contribution in [0.15, 0.2) is 48.5 Å². The molecule has 0 spiro atoms. The predicted molar refractivity (Wildman–Crippen MR) is 99.8 cm³/mol. The monoisotopic (exact) mass is 353 g/mol. The van der Waals surface area contributed by atoms with E-state index in [-0.39, 0.29) is 6.10 Å². The van der Waals surface area contributed by atoms with Crippen LogP contribution in [0, 0.1) is 0 Å². The Labute approximate surface area is 152 Å². The molecule has 1 aromatic heterocycles. The molecule has 0 amide bonds. The zero-order chi connectivity index (χ0) is 17.8. The molecule has 0 aliphatic carbocycles. The van der Waals surface area contributed by atoms with Gasteiger partial charge in [-0.15, -0.1) is 0 Å². The summed E-state index contributed by atoms with van der Waals surface area (Å²) in [5.41, 5.74) is 1.83. The normalized spacial score (nSPS) is 16.0. The molecule has 1 fully saturated rings. The molecule has 4 rings (SSSR count). The van der Waals surface area contributed by atoms with Crippen molar-refractivity contribution in [2.45, 2.75) is 18.9 Å². The molecule has 136 valence electrons. The van der Waals surface area contributed by atoms with Crippen molar-refractivity contribution < 1.29 is 14.6 Å². The van der Waals surface area contributed by atoms with Crippen molar-refractivity contribution in [3.63, 3.8) is 0 Å². The lowest BCUT2D eigenvalue weighted by Gasteiger charge is -2.29. The van der Waals surface area contributed by atoms with Crippen molar-refractivity contribution in [3.05, 3.63) is 48.5 Å². The molecule has 6 heteroatoms. The first-order chi connectivity index (χ1) is 12.8. The second-order valence-electron chi connectivity index (χ2n) is 6.55. The van der Waals surface area contributed by atoms with Crippen molar-refractivity contribution in [1.82, 2.24) is 14.9 Å². The van der Waals surface area contributed by atoms with E-state index < -0.39 is 0 Å². The number of ether oxygens (including phenoxy) is 2. The lowest BCUT2D eigenvalue weighted by Crippen LogP contribution is -2.38. The molecule has 0 unspecified atom stereocenters. The fraction of sp³-hybridized carbons (Fsp3) is 0.350. The highest BCUT2D eigenvalue weighted by Gasteiger charge is 2.16. The summed E-state index contributed by atoms with van der Waals surface area (Å²) in [4.78, 5) is 9.87. The number of aliphatic hydroxyl groups excluding tert-OH is 1. The van der Waals surface area contributed by atoms with Gasteiger partial charge in [0.2, 0.25) is 0 Å². The van der Waals surface area contributed by atoms with Gasteiger partial charge in [0.05, 0.1) is 17.1 Å². The summed E-state index contributed by atoms with van der Waals surface area (Å²) >= 11 is 0. The molecule has 1 aliphatic heterocycles. The number of imidazole rings is 1. The Kier molecular flexibility index (Phi) is 5.04. The number of aromatic nitrogens is 2. The van der Waals surface area contributed by atoms with Crippen LogP contribution < -0.4 is 9.47 Å². The van der Waals surface area contributed by atoms with E-state index in [1.54, 1.807) is 0 Å². The van der Waals surface area contributed by atoms with Crippen LogP contribution in [0.5, 0.6) is 17.5 Å². The van der Waals surface area contributed by atoms with Gasteiger partial charge in [0.1, 0.15) is 18.1 Å². The van der Waals surface area contributed by atoms with Crippen molar-refractivity contribution in [2.75, 3.05) is 26.2 Å². The first-order valence-electron chi connectivity index (χ1n) is 9.02. The first kappa shape index (κ1) is 16.9. The fourth-order valence-electron chi connectivity index (χ4n) is 3.13. The van der Waals surface area contributed by atoms with Gasteiger partial charge in [0.25, 0.3) is 6.01 Å². The van der Waals surface area contributed by atoms with Crippen molar-refractivity contribution in [1.29, 1.82) is 0 Å². The smallest absolute Gasteiger partial charge is 0.300 e. The number of H-pyrrole nitrogens is 1. The van der Waals surface area contributed by atoms with Gasteiger partial charge in [-0.2, -0.15) is 4.98 Å². The van der Waals surface area contributed by atoms with E-state index in [4.69, 9.17) is 9.47 Å². The Morgan fingerprint density at radius 3 is 2.54 bits per heavy atom. The third kappa shape index (κ3) is 4.15. The zero-order valence-electron chi connectivity index (χ0n) is 14.6. The summed E-state index contributed by atoms with van der Waals surface area (Å²) in [6.45, 7) is 3.40. The Morgan fingerprint density at radius 2 is 1.77 bits per heavy atom. The van der Waals surface area contributed by atoms with E-state index in [0.717, 1.165) is 49.3 Å². The summed E-state index contributed by atoms with van der Waals surface area (Å²) in [6.07, 6.45) is 1.58. The number of hydrogen-bond donors (Lipinski definition) is 2.